The van der Waals surface area contributed by atoms with Crippen LogP contribution in [-0.4, -0.2) is 9.55 Å². The van der Waals surface area contributed by atoms with Gasteiger partial charge in [-0.1, -0.05) is 6.07 Å². The molecule has 1 aromatic carbocycles. The molecule has 2 N–H and O–H groups in total. The van der Waals surface area contributed by atoms with Crippen LogP contribution in [0.15, 0.2) is 24.3 Å². The molecule has 3 nitrogen and oxygen atoms in total. The summed E-state index contributed by atoms with van der Waals surface area (Å²) in [6.07, 6.45) is 0. The number of aromatic nitrogens is 2. The number of nitrogens with zero attached hydrogens (tertiary/aromatic N) is 2. The van der Waals surface area contributed by atoms with Crippen LogP contribution in [0.1, 0.15) is 10.4 Å². The van der Waals surface area contributed by atoms with Crippen LogP contribution in [0, 0.1) is 13.8 Å². The van der Waals surface area contributed by atoms with Gasteiger partial charge in [-0.05, 0) is 37.6 Å². The van der Waals surface area contributed by atoms with Crippen LogP contribution in [0.5, 0.6) is 0 Å². The minimum atomic E-state index is 0.836. The lowest BCUT2D eigenvalue weighted by Gasteiger charge is -2.01. The van der Waals surface area contributed by atoms with Crippen molar-refractivity contribution in [2.45, 2.75) is 13.8 Å². The number of thiophene rings is 1. The number of anilines is 1. The van der Waals surface area contributed by atoms with Gasteiger partial charge in [0.05, 0.1) is 21.6 Å². The Kier molecular flexibility index (Phi) is 2.41. The summed E-state index contributed by atoms with van der Waals surface area (Å²) in [7, 11) is 2.03. The van der Waals surface area contributed by atoms with E-state index in [9.17, 15) is 0 Å². The Morgan fingerprint density at radius 1 is 1.22 bits per heavy atom. The van der Waals surface area contributed by atoms with Crippen molar-refractivity contribution < 1.29 is 0 Å². The second-order valence-electron chi connectivity index (χ2n) is 4.62. The molecular weight excluding hydrogens is 242 g/mol. The first-order chi connectivity index (χ1) is 8.56. The summed E-state index contributed by atoms with van der Waals surface area (Å²) < 4.78 is 2.10. The first kappa shape index (κ1) is 11.3. The van der Waals surface area contributed by atoms with Gasteiger partial charge < -0.3 is 10.3 Å². The zero-order chi connectivity index (χ0) is 12.9. The molecule has 0 aliphatic rings. The molecule has 0 bridgehead atoms. The summed E-state index contributed by atoms with van der Waals surface area (Å²) in [6.45, 7) is 4.15. The van der Waals surface area contributed by atoms with Gasteiger partial charge >= 0.3 is 0 Å². The van der Waals surface area contributed by atoms with E-state index >= 15 is 0 Å². The number of rotatable bonds is 1. The number of benzene rings is 1. The number of aryl methyl sites for hydroxylation is 3. The van der Waals surface area contributed by atoms with Crippen LogP contribution in [0.2, 0.25) is 0 Å². The Balaban J connectivity index is 2.30. The molecule has 3 rings (SSSR count). The minimum absolute atomic E-state index is 0.836. The summed E-state index contributed by atoms with van der Waals surface area (Å²) in [5.41, 5.74) is 10.5. The molecule has 3 aromatic rings. The smallest absolute Gasteiger partial charge is 0.143 e. The van der Waals surface area contributed by atoms with Gasteiger partial charge in [0.25, 0.3) is 0 Å². The van der Waals surface area contributed by atoms with Gasteiger partial charge in [0.1, 0.15) is 5.82 Å². The number of imidazole rings is 1. The molecule has 0 saturated carbocycles. The fourth-order valence-electron chi connectivity index (χ4n) is 2.26. The van der Waals surface area contributed by atoms with E-state index < -0.39 is 0 Å². The van der Waals surface area contributed by atoms with E-state index in [4.69, 9.17) is 10.7 Å². The Labute approximate surface area is 110 Å². The minimum Gasteiger partial charge on any atom is -0.390 e. The monoisotopic (exact) mass is 257 g/mol. The average molecular weight is 257 g/mol. The van der Waals surface area contributed by atoms with Crippen LogP contribution in [-0.2, 0) is 7.05 Å². The van der Waals surface area contributed by atoms with Crippen molar-refractivity contribution in [2.24, 2.45) is 7.05 Å². The quantitative estimate of drug-likeness (QED) is 0.725. The zero-order valence-electron chi connectivity index (χ0n) is 10.7. The first-order valence-corrected chi connectivity index (χ1v) is 6.67. The molecule has 0 saturated heterocycles. The summed E-state index contributed by atoms with van der Waals surface area (Å²) in [4.78, 5) is 5.92. The molecule has 0 unspecified atom stereocenters. The van der Waals surface area contributed by atoms with E-state index in [0.29, 0.717) is 0 Å². The molecule has 0 aliphatic carbocycles. The van der Waals surface area contributed by atoms with Crippen LogP contribution < -0.4 is 5.73 Å². The third-order valence-corrected chi connectivity index (χ3v) is 4.04. The molecule has 0 aliphatic heterocycles. The van der Waals surface area contributed by atoms with Crippen LogP contribution >= 0.6 is 11.3 Å². The second-order valence-corrected chi connectivity index (χ2v) is 5.91. The predicted molar refractivity (Wildman–Crippen MR) is 77.9 cm³/mol. The highest BCUT2D eigenvalue weighted by atomic mass is 32.1. The average Bonchev–Trinajstić information content (AvgIpc) is 2.79. The molecule has 4 heteroatoms. The standard InChI is InChI=1S/C14H15N3S/c1-8-4-5-12-11(6-8)16-14(17(12)3)10-7-9(2)18-13(10)15/h4-7H,15H2,1-3H3. The number of nitrogens with two attached hydrogens (primary N) is 1. The van der Waals surface area contributed by atoms with E-state index in [0.717, 1.165) is 27.4 Å². The normalized spacial score (nSPS) is 11.3. The fraction of sp³-hybridized carbons (Fsp3) is 0.214. The van der Waals surface area contributed by atoms with Crippen molar-refractivity contribution in [2.75, 3.05) is 5.73 Å². The van der Waals surface area contributed by atoms with Gasteiger partial charge in [0.15, 0.2) is 0 Å². The summed E-state index contributed by atoms with van der Waals surface area (Å²) >= 11 is 1.61. The highest BCUT2D eigenvalue weighted by Gasteiger charge is 2.14. The molecule has 92 valence electrons. The first-order valence-electron chi connectivity index (χ1n) is 5.85. The maximum atomic E-state index is 6.06. The molecular formula is C14H15N3S. The van der Waals surface area contributed by atoms with Crippen molar-refractivity contribution in [1.29, 1.82) is 0 Å². The Morgan fingerprint density at radius 2 is 2.00 bits per heavy atom. The highest BCUT2D eigenvalue weighted by Crippen LogP contribution is 2.34. The number of nitrogen functional groups attached to an aromatic ring is 1. The maximum Gasteiger partial charge on any atom is 0.143 e. The van der Waals surface area contributed by atoms with Crippen molar-refractivity contribution in [3.05, 3.63) is 34.7 Å². The predicted octanol–water partition coefficient (Wildman–Crippen LogP) is 3.50. The van der Waals surface area contributed by atoms with Gasteiger partial charge in [-0.2, -0.15) is 0 Å². The molecule has 0 fully saturated rings. The van der Waals surface area contributed by atoms with Gasteiger partial charge in [-0.25, -0.2) is 4.98 Å². The molecule has 0 atom stereocenters. The third-order valence-electron chi connectivity index (χ3n) is 3.16. The largest absolute Gasteiger partial charge is 0.390 e. The van der Waals surface area contributed by atoms with Crippen LogP contribution in [0.4, 0.5) is 5.00 Å². The van der Waals surface area contributed by atoms with Crippen LogP contribution in [0.25, 0.3) is 22.4 Å². The fourth-order valence-corrected chi connectivity index (χ4v) is 3.04. The van der Waals surface area contributed by atoms with E-state index in [2.05, 4.69) is 42.7 Å². The SMILES string of the molecule is Cc1ccc2c(c1)nc(-c1cc(C)sc1N)n2C. The Hall–Kier alpha value is -1.81. The summed E-state index contributed by atoms with van der Waals surface area (Å²) in [5, 5.41) is 0.836. The zero-order valence-corrected chi connectivity index (χ0v) is 11.5. The molecule has 0 spiro atoms. The lowest BCUT2D eigenvalue weighted by molar-refractivity contribution is 0.960. The Bertz CT molecular complexity index is 737. The van der Waals surface area contributed by atoms with Gasteiger partial charge in [0, 0.05) is 11.9 Å². The van der Waals surface area contributed by atoms with E-state index in [1.165, 1.54) is 10.4 Å². The number of hydrogen-bond donors (Lipinski definition) is 1. The van der Waals surface area contributed by atoms with E-state index in [1.54, 1.807) is 11.3 Å². The summed E-state index contributed by atoms with van der Waals surface area (Å²) in [5.74, 6) is 0.942. The molecule has 0 radical (unpaired) electrons. The van der Waals surface area contributed by atoms with Crippen molar-refractivity contribution in [1.82, 2.24) is 9.55 Å². The molecule has 0 amide bonds. The topological polar surface area (TPSA) is 43.8 Å². The second kappa shape index (κ2) is 3.85. The van der Waals surface area contributed by atoms with Gasteiger partial charge in [0.2, 0.25) is 0 Å². The van der Waals surface area contributed by atoms with Crippen molar-refractivity contribution >= 4 is 27.4 Å². The lowest BCUT2D eigenvalue weighted by atomic mass is 10.2. The van der Waals surface area contributed by atoms with E-state index in [1.807, 2.05) is 7.05 Å². The molecule has 2 heterocycles. The molecule has 2 aromatic heterocycles. The van der Waals surface area contributed by atoms with Crippen molar-refractivity contribution in [3.63, 3.8) is 0 Å². The molecule has 18 heavy (non-hydrogen) atoms. The maximum absolute atomic E-state index is 6.06. The number of fused-ring (bicyclic) bond motifs is 1. The third kappa shape index (κ3) is 1.61. The van der Waals surface area contributed by atoms with E-state index in [-0.39, 0.29) is 0 Å². The van der Waals surface area contributed by atoms with Gasteiger partial charge in [-0.3, -0.25) is 0 Å². The summed E-state index contributed by atoms with van der Waals surface area (Å²) in [6, 6.07) is 8.43. The lowest BCUT2D eigenvalue weighted by Crippen LogP contribution is -1.93. The Morgan fingerprint density at radius 3 is 2.67 bits per heavy atom. The number of hydrogen-bond acceptors (Lipinski definition) is 3. The van der Waals surface area contributed by atoms with Gasteiger partial charge in [-0.15, -0.1) is 11.3 Å². The highest BCUT2D eigenvalue weighted by molar-refractivity contribution is 7.16. The van der Waals surface area contributed by atoms with Crippen LogP contribution in [0.3, 0.4) is 0 Å². The van der Waals surface area contributed by atoms with Crippen molar-refractivity contribution in [3.8, 4) is 11.4 Å².